The maximum Gasteiger partial charge on any atom is 0.170 e. The van der Waals surface area contributed by atoms with Crippen molar-refractivity contribution >= 4 is 17.4 Å². The molecule has 1 unspecified atom stereocenters. The van der Waals surface area contributed by atoms with Gasteiger partial charge in [0.05, 0.1) is 17.0 Å². The summed E-state index contributed by atoms with van der Waals surface area (Å²) in [6.07, 6.45) is -0.284. The van der Waals surface area contributed by atoms with Crippen molar-refractivity contribution in [1.82, 2.24) is 0 Å². The molecule has 1 aliphatic rings. The molecule has 1 heterocycles. The number of hydrogen-bond donors (Lipinski definition) is 2. The number of hydrogen-bond acceptors (Lipinski definition) is 4. The van der Waals surface area contributed by atoms with Crippen molar-refractivity contribution in [3.8, 4) is 17.2 Å². The molecule has 0 bridgehead atoms. The van der Waals surface area contributed by atoms with Gasteiger partial charge >= 0.3 is 0 Å². The minimum Gasteiger partial charge on any atom is -0.508 e. The van der Waals surface area contributed by atoms with Gasteiger partial charge < -0.3 is 14.9 Å². The summed E-state index contributed by atoms with van der Waals surface area (Å²) < 4.78 is 5.74. The fraction of sp³-hybridized carbons (Fsp3) is 0.133. The van der Waals surface area contributed by atoms with Gasteiger partial charge in [0.1, 0.15) is 23.4 Å². The van der Waals surface area contributed by atoms with Crippen LogP contribution in [0.15, 0.2) is 36.4 Å². The molecule has 0 aromatic heterocycles. The fourth-order valence-corrected chi connectivity index (χ4v) is 2.41. The van der Waals surface area contributed by atoms with Crippen molar-refractivity contribution in [3.05, 3.63) is 52.5 Å². The molecular formula is C15H11ClO4. The van der Waals surface area contributed by atoms with Crippen molar-refractivity contribution < 1.29 is 19.7 Å². The molecule has 0 aliphatic carbocycles. The van der Waals surface area contributed by atoms with E-state index in [9.17, 15) is 15.0 Å². The first-order chi connectivity index (χ1) is 9.54. The molecule has 1 aliphatic heterocycles. The summed E-state index contributed by atoms with van der Waals surface area (Å²) in [5.74, 6) is 0.326. The molecule has 3 rings (SSSR count). The quantitative estimate of drug-likeness (QED) is 0.844. The number of ether oxygens (including phenoxy) is 1. The summed E-state index contributed by atoms with van der Waals surface area (Å²) in [5, 5.41) is 19.1. The van der Waals surface area contributed by atoms with Crippen LogP contribution in [0, 0.1) is 0 Å². The van der Waals surface area contributed by atoms with Crippen LogP contribution < -0.4 is 4.74 Å². The lowest BCUT2D eigenvalue weighted by Crippen LogP contribution is -2.20. The van der Waals surface area contributed by atoms with Crippen molar-refractivity contribution in [3.63, 3.8) is 0 Å². The van der Waals surface area contributed by atoms with E-state index in [0.717, 1.165) is 0 Å². The number of Topliss-reactive ketones (excluding diaryl/α,β-unsaturated/α-hetero) is 1. The Balaban J connectivity index is 1.98. The number of carbonyl (C=O) groups excluding carboxylic acids is 1. The number of benzene rings is 2. The van der Waals surface area contributed by atoms with Crippen molar-refractivity contribution in [2.75, 3.05) is 0 Å². The van der Waals surface area contributed by atoms with Crippen LogP contribution in [-0.2, 0) is 0 Å². The summed E-state index contributed by atoms with van der Waals surface area (Å²) in [4.78, 5) is 12.1. The molecule has 4 nitrogen and oxygen atoms in total. The highest BCUT2D eigenvalue weighted by atomic mass is 35.5. The molecule has 20 heavy (non-hydrogen) atoms. The Morgan fingerprint density at radius 3 is 2.70 bits per heavy atom. The van der Waals surface area contributed by atoms with E-state index in [2.05, 4.69) is 0 Å². The largest absolute Gasteiger partial charge is 0.508 e. The van der Waals surface area contributed by atoms with E-state index in [-0.39, 0.29) is 28.7 Å². The Hall–Kier alpha value is -2.20. The van der Waals surface area contributed by atoms with Gasteiger partial charge in [0.25, 0.3) is 0 Å². The molecule has 102 valence electrons. The second-order valence-electron chi connectivity index (χ2n) is 4.63. The number of phenolic OH excluding ortho intramolecular Hbond substituents is 2. The summed E-state index contributed by atoms with van der Waals surface area (Å²) in [6.45, 7) is 0. The monoisotopic (exact) mass is 290 g/mol. The molecule has 0 saturated heterocycles. The molecule has 2 N–H and O–H groups in total. The van der Waals surface area contributed by atoms with E-state index in [0.29, 0.717) is 16.9 Å². The average Bonchev–Trinajstić information content (AvgIpc) is 2.41. The minimum atomic E-state index is -0.477. The van der Waals surface area contributed by atoms with E-state index in [1.807, 2.05) is 0 Å². The maximum absolute atomic E-state index is 12.1. The molecular weight excluding hydrogens is 280 g/mol. The van der Waals surface area contributed by atoms with Crippen LogP contribution in [0.1, 0.15) is 28.4 Å². The zero-order valence-electron chi connectivity index (χ0n) is 10.3. The lowest BCUT2D eigenvalue weighted by atomic mass is 9.96. The highest BCUT2D eigenvalue weighted by molar-refractivity contribution is 6.32. The second kappa shape index (κ2) is 4.72. The first kappa shape index (κ1) is 12.8. The topological polar surface area (TPSA) is 66.8 Å². The first-order valence-electron chi connectivity index (χ1n) is 6.06. The van der Waals surface area contributed by atoms with Crippen LogP contribution in [0.25, 0.3) is 0 Å². The van der Waals surface area contributed by atoms with Crippen LogP contribution in [-0.4, -0.2) is 16.0 Å². The van der Waals surface area contributed by atoms with Crippen LogP contribution in [0.3, 0.4) is 0 Å². The molecule has 2 aromatic rings. The number of fused-ring (bicyclic) bond motifs is 1. The summed E-state index contributed by atoms with van der Waals surface area (Å²) in [7, 11) is 0. The summed E-state index contributed by atoms with van der Waals surface area (Å²) >= 11 is 5.86. The Bertz CT molecular complexity index is 696. The summed E-state index contributed by atoms with van der Waals surface area (Å²) in [6, 6.07) is 9.12. The normalized spacial score (nSPS) is 17.4. The number of ketones is 1. The van der Waals surface area contributed by atoms with E-state index in [4.69, 9.17) is 16.3 Å². The predicted molar refractivity (Wildman–Crippen MR) is 73.5 cm³/mol. The molecule has 0 amide bonds. The molecule has 2 aromatic carbocycles. The molecule has 0 fully saturated rings. The standard InChI is InChI=1S/C15H11ClO4/c16-11-5-8(1-4-12(11)18)14-7-13(19)10-3-2-9(17)6-15(10)20-14/h1-6,14,17-18H,7H2. The lowest BCUT2D eigenvalue weighted by Gasteiger charge is -2.25. The van der Waals surface area contributed by atoms with Gasteiger partial charge in [-0.3, -0.25) is 4.79 Å². The van der Waals surface area contributed by atoms with Gasteiger partial charge in [-0.15, -0.1) is 0 Å². The third-order valence-electron chi connectivity index (χ3n) is 3.25. The van der Waals surface area contributed by atoms with Gasteiger partial charge in [-0.2, -0.15) is 0 Å². The number of halogens is 1. The Morgan fingerprint density at radius 1 is 1.15 bits per heavy atom. The maximum atomic E-state index is 12.1. The van der Waals surface area contributed by atoms with Crippen LogP contribution in [0.2, 0.25) is 5.02 Å². The Labute approximate surface area is 120 Å². The smallest absolute Gasteiger partial charge is 0.170 e. The predicted octanol–water partition coefficient (Wildman–Crippen LogP) is 3.46. The molecule has 0 saturated carbocycles. The van der Waals surface area contributed by atoms with E-state index < -0.39 is 6.10 Å². The van der Waals surface area contributed by atoms with Gasteiger partial charge in [-0.1, -0.05) is 17.7 Å². The Morgan fingerprint density at radius 2 is 1.95 bits per heavy atom. The van der Waals surface area contributed by atoms with Crippen LogP contribution in [0.4, 0.5) is 0 Å². The van der Waals surface area contributed by atoms with E-state index in [1.54, 1.807) is 18.2 Å². The van der Waals surface area contributed by atoms with Crippen LogP contribution >= 0.6 is 11.6 Å². The van der Waals surface area contributed by atoms with Crippen molar-refractivity contribution in [2.24, 2.45) is 0 Å². The number of carbonyl (C=O) groups is 1. The van der Waals surface area contributed by atoms with Gasteiger partial charge in [-0.25, -0.2) is 0 Å². The number of rotatable bonds is 1. The summed E-state index contributed by atoms with van der Waals surface area (Å²) in [5.41, 5.74) is 1.17. The molecule has 0 radical (unpaired) electrons. The van der Waals surface area contributed by atoms with Gasteiger partial charge in [-0.05, 0) is 29.8 Å². The van der Waals surface area contributed by atoms with E-state index in [1.165, 1.54) is 18.2 Å². The third kappa shape index (κ3) is 2.18. The SMILES string of the molecule is O=C1CC(c2ccc(O)c(Cl)c2)Oc2cc(O)ccc21. The van der Waals surface area contributed by atoms with Gasteiger partial charge in [0, 0.05) is 6.07 Å². The highest BCUT2D eigenvalue weighted by Gasteiger charge is 2.28. The van der Waals surface area contributed by atoms with Gasteiger partial charge in [0.15, 0.2) is 5.78 Å². The third-order valence-corrected chi connectivity index (χ3v) is 3.55. The fourth-order valence-electron chi connectivity index (χ4n) is 2.22. The first-order valence-corrected chi connectivity index (χ1v) is 6.43. The second-order valence-corrected chi connectivity index (χ2v) is 5.03. The van der Waals surface area contributed by atoms with Crippen LogP contribution in [0.5, 0.6) is 17.2 Å². The van der Waals surface area contributed by atoms with Crippen molar-refractivity contribution in [2.45, 2.75) is 12.5 Å². The van der Waals surface area contributed by atoms with Gasteiger partial charge in [0.2, 0.25) is 0 Å². The van der Waals surface area contributed by atoms with E-state index >= 15 is 0 Å². The molecule has 5 heteroatoms. The molecule has 1 atom stereocenters. The zero-order valence-corrected chi connectivity index (χ0v) is 11.1. The van der Waals surface area contributed by atoms with Crippen molar-refractivity contribution in [1.29, 1.82) is 0 Å². The zero-order chi connectivity index (χ0) is 14.3. The molecule has 0 spiro atoms. The number of phenols is 2. The minimum absolute atomic E-state index is 0.0180. The average molecular weight is 291 g/mol. The number of aromatic hydroxyl groups is 2. The Kier molecular flexibility index (Phi) is 3.03. The lowest BCUT2D eigenvalue weighted by molar-refractivity contribution is 0.0849. The highest BCUT2D eigenvalue weighted by Crippen LogP contribution is 2.38.